The summed E-state index contributed by atoms with van der Waals surface area (Å²) >= 11 is 7.96. The number of thiophene rings is 1. The van der Waals surface area contributed by atoms with Crippen LogP contribution < -0.4 is 20.1 Å². The van der Waals surface area contributed by atoms with Gasteiger partial charge in [-0.25, -0.2) is 4.99 Å². The molecule has 0 bridgehead atoms. The number of nitrogens with zero attached hydrogens (tertiary/aromatic N) is 1. The van der Waals surface area contributed by atoms with Gasteiger partial charge in [0.25, 0.3) is 0 Å². The highest BCUT2D eigenvalue weighted by atomic mass is 127. The summed E-state index contributed by atoms with van der Waals surface area (Å²) in [5.74, 6) is 2.09. The van der Waals surface area contributed by atoms with Crippen molar-refractivity contribution in [3.05, 3.63) is 45.1 Å². The van der Waals surface area contributed by atoms with Crippen molar-refractivity contribution in [3.63, 3.8) is 0 Å². The Labute approximate surface area is 173 Å². The average Bonchev–Trinajstić information content (AvgIpc) is 3.11. The van der Waals surface area contributed by atoms with Gasteiger partial charge < -0.3 is 20.1 Å². The second-order valence-corrected chi connectivity index (χ2v) is 6.47. The number of hydrogen-bond donors (Lipinski definition) is 2. The third kappa shape index (κ3) is 5.65. The van der Waals surface area contributed by atoms with E-state index in [0.29, 0.717) is 36.3 Å². The van der Waals surface area contributed by atoms with Crippen molar-refractivity contribution in [1.82, 2.24) is 10.6 Å². The van der Waals surface area contributed by atoms with Crippen LogP contribution in [-0.2, 0) is 13.1 Å². The van der Waals surface area contributed by atoms with E-state index in [1.807, 2.05) is 19.1 Å². The van der Waals surface area contributed by atoms with Gasteiger partial charge in [0, 0.05) is 13.1 Å². The first-order valence-electron chi connectivity index (χ1n) is 7.87. The number of halogens is 2. The van der Waals surface area contributed by atoms with Crippen molar-refractivity contribution in [2.45, 2.75) is 20.0 Å². The van der Waals surface area contributed by atoms with Gasteiger partial charge in [-0.2, -0.15) is 11.3 Å². The van der Waals surface area contributed by atoms with Crippen LogP contribution in [0.1, 0.15) is 18.1 Å². The van der Waals surface area contributed by atoms with Crippen LogP contribution in [0.3, 0.4) is 0 Å². The lowest BCUT2D eigenvalue weighted by Gasteiger charge is -2.20. The molecule has 25 heavy (non-hydrogen) atoms. The maximum absolute atomic E-state index is 6.27. The summed E-state index contributed by atoms with van der Waals surface area (Å²) < 4.78 is 11.1. The number of rotatable bonds is 5. The van der Waals surface area contributed by atoms with E-state index in [-0.39, 0.29) is 24.0 Å². The molecule has 2 heterocycles. The molecule has 3 rings (SSSR count). The Balaban J connectivity index is 0.00000225. The maximum atomic E-state index is 6.27. The molecule has 2 N–H and O–H groups in total. The predicted molar refractivity (Wildman–Crippen MR) is 114 cm³/mol. The zero-order valence-electron chi connectivity index (χ0n) is 13.9. The third-order valence-corrected chi connectivity index (χ3v) is 4.47. The van der Waals surface area contributed by atoms with Crippen LogP contribution in [0.4, 0.5) is 0 Å². The molecule has 0 saturated heterocycles. The Hall–Kier alpha value is -1.19. The molecule has 0 aliphatic carbocycles. The smallest absolute Gasteiger partial charge is 0.191 e. The minimum atomic E-state index is 0. The van der Waals surface area contributed by atoms with E-state index in [2.05, 4.69) is 32.5 Å². The molecule has 2 aromatic rings. The fourth-order valence-corrected chi connectivity index (χ4v) is 3.30. The Morgan fingerprint density at radius 2 is 2.08 bits per heavy atom. The lowest BCUT2D eigenvalue weighted by atomic mass is 10.2. The van der Waals surface area contributed by atoms with E-state index in [1.165, 1.54) is 5.56 Å². The minimum absolute atomic E-state index is 0. The van der Waals surface area contributed by atoms with Crippen molar-refractivity contribution in [2.24, 2.45) is 4.99 Å². The number of guanidine groups is 1. The van der Waals surface area contributed by atoms with E-state index in [1.54, 1.807) is 11.3 Å². The Morgan fingerprint density at radius 1 is 1.24 bits per heavy atom. The number of aliphatic imine (C=N–C) groups is 1. The van der Waals surface area contributed by atoms with Gasteiger partial charge in [0.1, 0.15) is 13.2 Å². The summed E-state index contributed by atoms with van der Waals surface area (Å²) in [7, 11) is 0. The number of ether oxygens (including phenoxy) is 2. The molecular weight excluding hydrogens is 473 g/mol. The fraction of sp³-hybridized carbons (Fsp3) is 0.353. The lowest BCUT2D eigenvalue weighted by Crippen LogP contribution is -2.36. The van der Waals surface area contributed by atoms with Gasteiger partial charge in [-0.3, -0.25) is 0 Å². The number of fused-ring (bicyclic) bond motifs is 1. The molecule has 1 aliphatic rings. The molecule has 1 aromatic heterocycles. The van der Waals surface area contributed by atoms with E-state index in [4.69, 9.17) is 21.1 Å². The first-order valence-corrected chi connectivity index (χ1v) is 9.19. The quantitative estimate of drug-likeness (QED) is 0.375. The van der Waals surface area contributed by atoms with Gasteiger partial charge in [0.15, 0.2) is 17.5 Å². The fourth-order valence-electron chi connectivity index (χ4n) is 2.35. The number of benzene rings is 1. The van der Waals surface area contributed by atoms with Crippen LogP contribution in [0.25, 0.3) is 0 Å². The Morgan fingerprint density at radius 3 is 2.84 bits per heavy atom. The normalized spacial score (nSPS) is 13.1. The van der Waals surface area contributed by atoms with Crippen molar-refractivity contribution in [1.29, 1.82) is 0 Å². The zero-order valence-corrected chi connectivity index (χ0v) is 17.8. The highest BCUT2D eigenvalue weighted by Crippen LogP contribution is 2.38. The standard InChI is InChI=1S/C17H20ClN3O2S.HI/c1-2-19-17(20-9-12-3-6-24-11-12)21-10-13-7-14(18)16-15(8-13)22-4-5-23-16;/h3,6-8,11H,2,4-5,9-10H2,1H3,(H2,19,20,21);1H. The molecule has 0 unspecified atom stereocenters. The summed E-state index contributed by atoms with van der Waals surface area (Å²) in [4.78, 5) is 4.62. The van der Waals surface area contributed by atoms with Gasteiger partial charge in [0.05, 0.1) is 11.6 Å². The summed E-state index contributed by atoms with van der Waals surface area (Å²) in [6.07, 6.45) is 0. The van der Waals surface area contributed by atoms with Crippen molar-refractivity contribution in [2.75, 3.05) is 19.8 Å². The van der Waals surface area contributed by atoms with E-state index in [9.17, 15) is 0 Å². The largest absolute Gasteiger partial charge is 0.486 e. The zero-order chi connectivity index (χ0) is 16.8. The molecule has 5 nitrogen and oxygen atoms in total. The van der Waals surface area contributed by atoms with Crippen LogP contribution in [0.15, 0.2) is 34.0 Å². The van der Waals surface area contributed by atoms with Gasteiger partial charge in [-0.1, -0.05) is 11.6 Å². The highest BCUT2D eigenvalue weighted by molar-refractivity contribution is 14.0. The van der Waals surface area contributed by atoms with E-state index < -0.39 is 0 Å². The molecule has 8 heteroatoms. The van der Waals surface area contributed by atoms with Gasteiger partial charge >= 0.3 is 0 Å². The van der Waals surface area contributed by atoms with Crippen LogP contribution in [-0.4, -0.2) is 25.7 Å². The first kappa shape index (κ1) is 20.1. The van der Waals surface area contributed by atoms with Crippen molar-refractivity contribution in [3.8, 4) is 11.5 Å². The molecule has 0 saturated carbocycles. The molecule has 136 valence electrons. The molecule has 0 fully saturated rings. The van der Waals surface area contributed by atoms with Crippen molar-refractivity contribution < 1.29 is 9.47 Å². The Kier molecular flexibility index (Phi) is 8.11. The van der Waals surface area contributed by atoms with Crippen LogP contribution in [0.5, 0.6) is 11.5 Å². The molecule has 0 amide bonds. The minimum Gasteiger partial charge on any atom is -0.486 e. The molecule has 1 aliphatic heterocycles. The van der Waals surface area contributed by atoms with E-state index >= 15 is 0 Å². The monoisotopic (exact) mass is 493 g/mol. The van der Waals surface area contributed by atoms with E-state index in [0.717, 1.165) is 24.6 Å². The van der Waals surface area contributed by atoms with Gasteiger partial charge in [-0.15, -0.1) is 24.0 Å². The summed E-state index contributed by atoms with van der Waals surface area (Å²) in [5.41, 5.74) is 2.23. The van der Waals surface area contributed by atoms with Crippen LogP contribution >= 0.6 is 46.9 Å². The molecule has 0 radical (unpaired) electrons. The molecule has 0 atom stereocenters. The van der Waals surface area contributed by atoms with Crippen LogP contribution in [0.2, 0.25) is 5.02 Å². The van der Waals surface area contributed by atoms with Crippen molar-refractivity contribution >= 4 is 52.9 Å². The summed E-state index contributed by atoms with van der Waals surface area (Å²) in [6, 6.07) is 5.91. The first-order chi connectivity index (χ1) is 11.8. The number of hydrogen-bond acceptors (Lipinski definition) is 4. The average molecular weight is 494 g/mol. The van der Waals surface area contributed by atoms with Gasteiger partial charge in [0.2, 0.25) is 0 Å². The number of nitrogens with one attached hydrogen (secondary N) is 2. The van der Waals surface area contributed by atoms with Gasteiger partial charge in [-0.05, 0) is 47.0 Å². The maximum Gasteiger partial charge on any atom is 0.191 e. The topological polar surface area (TPSA) is 54.9 Å². The molecule has 1 aromatic carbocycles. The highest BCUT2D eigenvalue weighted by Gasteiger charge is 2.16. The predicted octanol–water partition coefficient (Wildman–Crippen LogP) is 4.05. The second kappa shape index (κ2) is 10.1. The molecule has 0 spiro atoms. The SMILES string of the molecule is CCNC(=NCc1cc(Cl)c2c(c1)OCCO2)NCc1ccsc1.I. The Bertz CT molecular complexity index is 710. The lowest BCUT2D eigenvalue weighted by molar-refractivity contribution is 0.171. The third-order valence-electron chi connectivity index (χ3n) is 3.46. The second-order valence-electron chi connectivity index (χ2n) is 5.28. The molecular formula is C17H21ClIN3O2S. The van der Waals surface area contributed by atoms with Crippen LogP contribution in [0, 0.1) is 0 Å². The summed E-state index contributed by atoms with van der Waals surface area (Å²) in [6.45, 7) is 5.18. The summed E-state index contributed by atoms with van der Waals surface area (Å²) in [5, 5.41) is 11.3.